The minimum absolute atomic E-state index is 0.0429. The lowest BCUT2D eigenvalue weighted by Crippen LogP contribution is -2.17. The maximum atomic E-state index is 13.2. The molecule has 0 saturated carbocycles. The van der Waals surface area contributed by atoms with E-state index >= 15 is 0 Å². The Bertz CT molecular complexity index is 420. The van der Waals surface area contributed by atoms with Crippen molar-refractivity contribution < 1.29 is 12.8 Å². The highest BCUT2D eigenvalue weighted by Crippen LogP contribution is 2.25. The molecule has 0 unspecified atom stereocenters. The number of hydrogen-bond acceptors (Lipinski definition) is 3. The highest BCUT2D eigenvalue weighted by Gasteiger charge is 2.25. The summed E-state index contributed by atoms with van der Waals surface area (Å²) in [6, 6.07) is 3.84. The van der Waals surface area contributed by atoms with E-state index in [1.54, 1.807) is 0 Å². The molecule has 0 saturated heterocycles. The van der Waals surface area contributed by atoms with Crippen LogP contribution in [-0.2, 0) is 9.84 Å². The lowest BCUT2D eigenvalue weighted by molar-refractivity contribution is 0.562. The van der Waals surface area contributed by atoms with Gasteiger partial charge in [0.05, 0.1) is 10.9 Å². The summed E-state index contributed by atoms with van der Waals surface area (Å²) in [6.45, 7) is 2.97. The van der Waals surface area contributed by atoms with Crippen molar-refractivity contribution >= 4 is 15.5 Å². The molecule has 0 spiro atoms. The van der Waals surface area contributed by atoms with Crippen molar-refractivity contribution in [2.24, 2.45) is 0 Å². The van der Waals surface area contributed by atoms with Gasteiger partial charge in [-0.05, 0) is 26.0 Å². The molecule has 0 radical (unpaired) electrons. The molecule has 14 heavy (non-hydrogen) atoms. The normalized spacial score (nSPS) is 12.0. The molecule has 0 aliphatic heterocycles. The van der Waals surface area contributed by atoms with Crippen LogP contribution >= 0.6 is 0 Å². The molecule has 5 heteroatoms. The van der Waals surface area contributed by atoms with E-state index in [1.807, 2.05) is 0 Å². The average molecular weight is 217 g/mol. The molecule has 0 aliphatic rings. The maximum Gasteiger partial charge on any atom is 0.185 e. The Morgan fingerprint density at radius 1 is 1.36 bits per heavy atom. The quantitative estimate of drug-likeness (QED) is 0.765. The molecule has 78 valence electrons. The lowest BCUT2D eigenvalue weighted by atomic mass is 10.3. The van der Waals surface area contributed by atoms with Crippen LogP contribution in [0, 0.1) is 5.82 Å². The molecule has 0 atom stereocenters. The molecule has 0 amide bonds. The van der Waals surface area contributed by atoms with Crippen LogP contribution in [-0.4, -0.2) is 13.7 Å². The van der Waals surface area contributed by atoms with E-state index in [0.717, 1.165) is 6.07 Å². The standard InChI is InChI=1S/C9H12FNO2S/c1-6(2)14(12,13)9-7(10)4-3-5-8(9)11/h3-6H,11H2,1-2H3. The van der Waals surface area contributed by atoms with Gasteiger partial charge in [-0.25, -0.2) is 12.8 Å². The molecule has 0 fully saturated rings. The van der Waals surface area contributed by atoms with Crippen molar-refractivity contribution in [3.8, 4) is 0 Å². The van der Waals surface area contributed by atoms with Gasteiger partial charge in [0.15, 0.2) is 9.84 Å². The summed E-state index contributed by atoms with van der Waals surface area (Å²) in [6.07, 6.45) is 0. The zero-order valence-corrected chi connectivity index (χ0v) is 8.81. The van der Waals surface area contributed by atoms with Crippen molar-refractivity contribution in [2.75, 3.05) is 5.73 Å². The number of rotatable bonds is 2. The van der Waals surface area contributed by atoms with Crippen LogP contribution in [0.2, 0.25) is 0 Å². The molecule has 0 aliphatic carbocycles. The van der Waals surface area contributed by atoms with Crippen molar-refractivity contribution in [3.05, 3.63) is 24.0 Å². The number of halogens is 1. The van der Waals surface area contributed by atoms with Crippen molar-refractivity contribution in [1.29, 1.82) is 0 Å². The smallest absolute Gasteiger partial charge is 0.185 e. The summed E-state index contributed by atoms with van der Waals surface area (Å²) in [5, 5.41) is -0.679. The van der Waals surface area contributed by atoms with Gasteiger partial charge in [0.2, 0.25) is 0 Å². The van der Waals surface area contributed by atoms with Gasteiger partial charge in [-0.2, -0.15) is 0 Å². The summed E-state index contributed by atoms with van der Waals surface area (Å²) in [5.41, 5.74) is 5.38. The van der Waals surface area contributed by atoms with E-state index in [1.165, 1.54) is 26.0 Å². The van der Waals surface area contributed by atoms with Crippen LogP contribution < -0.4 is 5.73 Å². The molecule has 1 aromatic carbocycles. The second-order valence-corrected chi connectivity index (χ2v) is 5.69. The van der Waals surface area contributed by atoms with E-state index in [4.69, 9.17) is 5.73 Å². The topological polar surface area (TPSA) is 60.2 Å². The molecule has 1 aromatic rings. The van der Waals surface area contributed by atoms with E-state index < -0.39 is 25.8 Å². The van der Waals surface area contributed by atoms with Crippen molar-refractivity contribution in [1.82, 2.24) is 0 Å². The second kappa shape index (κ2) is 3.57. The fourth-order valence-corrected chi connectivity index (χ4v) is 2.27. The Kier molecular flexibility index (Phi) is 2.80. The summed E-state index contributed by atoms with van der Waals surface area (Å²) in [7, 11) is -3.64. The molecular formula is C9H12FNO2S. The molecule has 0 heterocycles. The first-order chi connectivity index (χ1) is 6.37. The Hall–Kier alpha value is -1.10. The largest absolute Gasteiger partial charge is 0.398 e. The lowest BCUT2D eigenvalue weighted by Gasteiger charge is -2.10. The molecule has 3 nitrogen and oxygen atoms in total. The third kappa shape index (κ3) is 1.72. The fraction of sp³-hybridized carbons (Fsp3) is 0.333. The first-order valence-corrected chi connectivity index (χ1v) is 5.70. The number of hydrogen-bond donors (Lipinski definition) is 1. The Morgan fingerprint density at radius 3 is 2.36 bits per heavy atom. The SMILES string of the molecule is CC(C)S(=O)(=O)c1c(N)cccc1F. The van der Waals surface area contributed by atoms with Crippen LogP contribution in [0.25, 0.3) is 0 Å². The van der Waals surface area contributed by atoms with Crippen LogP contribution in [0.15, 0.2) is 23.1 Å². The van der Waals surface area contributed by atoms with Gasteiger partial charge in [-0.3, -0.25) is 0 Å². The minimum atomic E-state index is -3.64. The summed E-state index contributed by atoms with van der Waals surface area (Å²) in [5.74, 6) is -0.793. The van der Waals surface area contributed by atoms with Crippen LogP contribution in [0.3, 0.4) is 0 Å². The summed E-state index contributed by atoms with van der Waals surface area (Å²) >= 11 is 0. The molecule has 1 rings (SSSR count). The Balaban J connectivity index is 3.48. The molecule has 0 bridgehead atoms. The Morgan fingerprint density at radius 2 is 1.93 bits per heavy atom. The van der Waals surface area contributed by atoms with Crippen LogP contribution in [0.5, 0.6) is 0 Å². The first-order valence-electron chi connectivity index (χ1n) is 4.15. The van der Waals surface area contributed by atoms with E-state index in [-0.39, 0.29) is 5.69 Å². The van der Waals surface area contributed by atoms with E-state index in [9.17, 15) is 12.8 Å². The molecule has 0 aromatic heterocycles. The average Bonchev–Trinajstić information content (AvgIpc) is 2.02. The number of sulfone groups is 1. The van der Waals surface area contributed by atoms with Crippen molar-refractivity contribution in [3.63, 3.8) is 0 Å². The van der Waals surface area contributed by atoms with Gasteiger partial charge in [-0.15, -0.1) is 0 Å². The van der Waals surface area contributed by atoms with E-state index in [2.05, 4.69) is 0 Å². The van der Waals surface area contributed by atoms with Gasteiger partial charge in [0.1, 0.15) is 10.7 Å². The van der Waals surface area contributed by atoms with Gasteiger partial charge >= 0.3 is 0 Å². The molecular weight excluding hydrogens is 205 g/mol. The number of benzene rings is 1. The third-order valence-electron chi connectivity index (χ3n) is 1.90. The van der Waals surface area contributed by atoms with Gasteiger partial charge < -0.3 is 5.73 Å². The highest BCUT2D eigenvalue weighted by atomic mass is 32.2. The highest BCUT2D eigenvalue weighted by molar-refractivity contribution is 7.92. The minimum Gasteiger partial charge on any atom is -0.398 e. The fourth-order valence-electron chi connectivity index (χ4n) is 1.06. The van der Waals surface area contributed by atoms with Crippen LogP contribution in [0.4, 0.5) is 10.1 Å². The Labute approximate surface area is 82.7 Å². The zero-order chi connectivity index (χ0) is 10.9. The number of nitrogens with two attached hydrogens (primary N) is 1. The summed E-state index contributed by atoms with van der Waals surface area (Å²) < 4.78 is 36.6. The van der Waals surface area contributed by atoms with Crippen molar-refractivity contribution in [2.45, 2.75) is 24.0 Å². The van der Waals surface area contributed by atoms with Crippen LogP contribution in [0.1, 0.15) is 13.8 Å². The predicted octanol–water partition coefficient (Wildman–Crippen LogP) is 1.59. The van der Waals surface area contributed by atoms with Gasteiger partial charge in [-0.1, -0.05) is 6.07 Å². The molecule has 2 N–H and O–H groups in total. The third-order valence-corrected chi connectivity index (χ3v) is 4.14. The second-order valence-electron chi connectivity index (χ2n) is 3.25. The first kappa shape index (κ1) is 11.0. The maximum absolute atomic E-state index is 13.2. The zero-order valence-electron chi connectivity index (χ0n) is 7.99. The number of anilines is 1. The van der Waals surface area contributed by atoms with Gasteiger partial charge in [0, 0.05) is 0 Å². The van der Waals surface area contributed by atoms with E-state index in [0.29, 0.717) is 0 Å². The number of nitrogen functional groups attached to an aromatic ring is 1. The van der Waals surface area contributed by atoms with Gasteiger partial charge in [0.25, 0.3) is 0 Å². The summed E-state index contributed by atoms with van der Waals surface area (Å²) in [4.78, 5) is -0.394. The predicted molar refractivity (Wildman–Crippen MR) is 53.1 cm³/mol. The monoisotopic (exact) mass is 217 g/mol.